The Morgan fingerprint density at radius 3 is 2.67 bits per heavy atom. The van der Waals surface area contributed by atoms with E-state index in [1.165, 1.54) is 22.4 Å². The van der Waals surface area contributed by atoms with E-state index < -0.39 is 0 Å². The lowest BCUT2D eigenvalue weighted by Gasteiger charge is -2.06. The Labute approximate surface area is 109 Å². The summed E-state index contributed by atoms with van der Waals surface area (Å²) < 4.78 is 1.97. The van der Waals surface area contributed by atoms with Crippen LogP contribution in [0.1, 0.15) is 16.8 Å². The third-order valence-electron chi connectivity index (χ3n) is 3.22. The van der Waals surface area contributed by atoms with Crippen LogP contribution in [0.4, 0.5) is 0 Å². The molecule has 1 N–H and O–H groups in total. The Bertz CT molecular complexity index is 541. The molecule has 0 aliphatic heterocycles. The largest absolute Gasteiger partial charge is 0.319 e. The summed E-state index contributed by atoms with van der Waals surface area (Å²) in [6.45, 7) is 5.24. The van der Waals surface area contributed by atoms with Gasteiger partial charge in [-0.05, 0) is 32.5 Å². The zero-order chi connectivity index (χ0) is 13.1. The number of hydrogen-bond acceptors (Lipinski definition) is 2. The third kappa shape index (κ3) is 2.62. The second-order valence-electron chi connectivity index (χ2n) is 4.82. The highest BCUT2D eigenvalue weighted by Gasteiger charge is 2.09. The highest BCUT2D eigenvalue weighted by molar-refractivity contribution is 5.64. The number of benzene rings is 1. The van der Waals surface area contributed by atoms with Crippen molar-refractivity contribution < 1.29 is 0 Å². The van der Waals surface area contributed by atoms with Gasteiger partial charge < -0.3 is 5.32 Å². The lowest BCUT2D eigenvalue weighted by atomic mass is 10.0. The SMILES string of the molecule is CNCCc1cc(-c2ccc(C)cc2C)n(C)n1. The third-order valence-corrected chi connectivity index (χ3v) is 3.22. The van der Waals surface area contributed by atoms with E-state index in [1.54, 1.807) is 0 Å². The van der Waals surface area contributed by atoms with Crippen LogP contribution in [0.3, 0.4) is 0 Å². The van der Waals surface area contributed by atoms with Crippen molar-refractivity contribution >= 4 is 0 Å². The summed E-state index contributed by atoms with van der Waals surface area (Å²) in [6, 6.07) is 8.75. The minimum atomic E-state index is 0.962. The Morgan fingerprint density at radius 2 is 2.00 bits per heavy atom. The maximum absolute atomic E-state index is 4.56. The molecule has 96 valence electrons. The topological polar surface area (TPSA) is 29.9 Å². The molecule has 1 aromatic carbocycles. The summed E-state index contributed by atoms with van der Waals surface area (Å²) in [5, 5.41) is 7.72. The van der Waals surface area contributed by atoms with Crippen LogP contribution in [0.25, 0.3) is 11.3 Å². The number of hydrogen-bond donors (Lipinski definition) is 1. The first-order valence-corrected chi connectivity index (χ1v) is 6.37. The van der Waals surface area contributed by atoms with Crippen molar-refractivity contribution in [2.45, 2.75) is 20.3 Å². The Hall–Kier alpha value is -1.61. The monoisotopic (exact) mass is 243 g/mol. The lowest BCUT2D eigenvalue weighted by molar-refractivity contribution is 0.720. The molecule has 0 aliphatic carbocycles. The van der Waals surface area contributed by atoms with Crippen LogP contribution in [0, 0.1) is 13.8 Å². The molecule has 2 aromatic rings. The summed E-state index contributed by atoms with van der Waals surface area (Å²) in [7, 11) is 3.98. The van der Waals surface area contributed by atoms with Gasteiger partial charge >= 0.3 is 0 Å². The number of aromatic nitrogens is 2. The maximum atomic E-state index is 4.56. The fraction of sp³-hybridized carbons (Fsp3) is 0.400. The zero-order valence-electron chi connectivity index (χ0n) is 11.6. The molecule has 1 heterocycles. The van der Waals surface area contributed by atoms with Crippen LogP contribution in [0.5, 0.6) is 0 Å². The Morgan fingerprint density at radius 1 is 1.22 bits per heavy atom. The molecule has 0 spiro atoms. The first-order valence-electron chi connectivity index (χ1n) is 6.37. The van der Waals surface area contributed by atoms with Gasteiger partial charge in [0.25, 0.3) is 0 Å². The Kier molecular flexibility index (Phi) is 3.82. The van der Waals surface area contributed by atoms with Crippen LogP contribution in [0.2, 0.25) is 0 Å². The number of likely N-dealkylation sites (N-methyl/N-ethyl adjacent to an activating group) is 1. The Balaban J connectivity index is 2.35. The van der Waals surface area contributed by atoms with E-state index in [9.17, 15) is 0 Å². The molecule has 18 heavy (non-hydrogen) atoms. The molecule has 2 rings (SSSR count). The summed E-state index contributed by atoms with van der Waals surface area (Å²) in [6.07, 6.45) is 0.968. The van der Waals surface area contributed by atoms with E-state index in [4.69, 9.17) is 0 Å². The molecule has 0 aliphatic rings. The van der Waals surface area contributed by atoms with Crippen LogP contribution in [-0.4, -0.2) is 23.4 Å². The molecule has 0 fully saturated rings. The fourth-order valence-electron chi connectivity index (χ4n) is 2.25. The van der Waals surface area contributed by atoms with Gasteiger partial charge in [0.15, 0.2) is 0 Å². The number of aryl methyl sites for hydroxylation is 3. The molecule has 3 nitrogen and oxygen atoms in total. The van der Waals surface area contributed by atoms with Crippen LogP contribution < -0.4 is 5.32 Å². The minimum Gasteiger partial charge on any atom is -0.319 e. The van der Waals surface area contributed by atoms with E-state index >= 15 is 0 Å². The second kappa shape index (κ2) is 5.36. The lowest BCUT2D eigenvalue weighted by Crippen LogP contribution is -2.10. The standard InChI is InChI=1S/C15H21N3/c1-11-5-6-14(12(2)9-11)15-10-13(7-8-16-3)17-18(15)4/h5-6,9-10,16H,7-8H2,1-4H3. The molecule has 0 bridgehead atoms. The van der Waals surface area contributed by atoms with Gasteiger partial charge in [-0.1, -0.05) is 23.8 Å². The normalized spacial score (nSPS) is 10.9. The van der Waals surface area contributed by atoms with E-state index in [0.717, 1.165) is 18.7 Å². The average Bonchev–Trinajstić information content (AvgIpc) is 2.68. The molecule has 3 heteroatoms. The van der Waals surface area contributed by atoms with Gasteiger partial charge in [-0.25, -0.2) is 0 Å². The minimum absolute atomic E-state index is 0.962. The first kappa shape index (κ1) is 12.8. The highest BCUT2D eigenvalue weighted by Crippen LogP contribution is 2.24. The molecule has 0 saturated heterocycles. The van der Waals surface area contributed by atoms with Gasteiger partial charge in [0.05, 0.1) is 11.4 Å². The highest BCUT2D eigenvalue weighted by atomic mass is 15.3. The van der Waals surface area contributed by atoms with Gasteiger partial charge in [-0.2, -0.15) is 5.10 Å². The molecule has 0 atom stereocenters. The first-order chi connectivity index (χ1) is 8.61. The predicted molar refractivity (Wildman–Crippen MR) is 75.7 cm³/mol. The van der Waals surface area contributed by atoms with Crippen molar-refractivity contribution in [3.05, 3.63) is 41.1 Å². The molecule has 0 unspecified atom stereocenters. The van der Waals surface area contributed by atoms with Crippen molar-refractivity contribution in [2.24, 2.45) is 7.05 Å². The van der Waals surface area contributed by atoms with Crippen molar-refractivity contribution in [3.63, 3.8) is 0 Å². The predicted octanol–water partition coefficient (Wildman–Crippen LogP) is 2.47. The van der Waals surface area contributed by atoms with Crippen molar-refractivity contribution in [3.8, 4) is 11.3 Å². The molecule has 0 amide bonds. The van der Waals surface area contributed by atoms with Crippen molar-refractivity contribution in [1.82, 2.24) is 15.1 Å². The van der Waals surface area contributed by atoms with Gasteiger partial charge in [-0.15, -0.1) is 0 Å². The maximum Gasteiger partial charge on any atom is 0.0684 e. The van der Waals surface area contributed by atoms with Crippen molar-refractivity contribution in [1.29, 1.82) is 0 Å². The molecular weight excluding hydrogens is 222 g/mol. The summed E-state index contributed by atoms with van der Waals surface area (Å²) in [4.78, 5) is 0. The van der Waals surface area contributed by atoms with Gasteiger partial charge in [0.2, 0.25) is 0 Å². The summed E-state index contributed by atoms with van der Waals surface area (Å²) >= 11 is 0. The van der Waals surface area contributed by atoms with Gasteiger partial charge in [-0.3, -0.25) is 4.68 Å². The average molecular weight is 243 g/mol. The number of nitrogens with zero attached hydrogens (tertiary/aromatic N) is 2. The number of rotatable bonds is 4. The van der Waals surface area contributed by atoms with Gasteiger partial charge in [0.1, 0.15) is 0 Å². The van der Waals surface area contributed by atoms with E-state index in [0.29, 0.717) is 0 Å². The number of nitrogens with one attached hydrogen (secondary N) is 1. The van der Waals surface area contributed by atoms with E-state index in [2.05, 4.69) is 48.5 Å². The van der Waals surface area contributed by atoms with Crippen LogP contribution in [0.15, 0.2) is 24.3 Å². The molecule has 1 aromatic heterocycles. The molecule has 0 radical (unpaired) electrons. The quantitative estimate of drug-likeness (QED) is 0.894. The second-order valence-corrected chi connectivity index (χ2v) is 4.82. The fourth-order valence-corrected chi connectivity index (χ4v) is 2.25. The van der Waals surface area contributed by atoms with Crippen LogP contribution in [-0.2, 0) is 13.5 Å². The zero-order valence-corrected chi connectivity index (χ0v) is 11.6. The smallest absolute Gasteiger partial charge is 0.0684 e. The molecular formula is C15H21N3. The van der Waals surface area contributed by atoms with E-state index in [-0.39, 0.29) is 0 Å². The van der Waals surface area contributed by atoms with Crippen molar-refractivity contribution in [2.75, 3.05) is 13.6 Å². The summed E-state index contributed by atoms with van der Waals surface area (Å²) in [5.74, 6) is 0. The summed E-state index contributed by atoms with van der Waals surface area (Å²) in [5.41, 5.74) is 6.21. The van der Waals surface area contributed by atoms with Crippen LogP contribution >= 0.6 is 0 Å². The van der Waals surface area contributed by atoms with E-state index in [1.807, 2.05) is 18.8 Å². The van der Waals surface area contributed by atoms with Gasteiger partial charge in [0, 0.05) is 25.6 Å². The molecule has 0 saturated carbocycles.